The molecule has 0 saturated heterocycles. The molecule has 0 aromatic carbocycles. The predicted octanol–water partition coefficient (Wildman–Crippen LogP) is 2.59. The summed E-state index contributed by atoms with van der Waals surface area (Å²) in [5.41, 5.74) is 0. The van der Waals surface area contributed by atoms with E-state index in [4.69, 9.17) is 0 Å². The second-order valence-corrected chi connectivity index (χ2v) is 3.32. The first-order valence-corrected chi connectivity index (χ1v) is 4.27. The molecule has 0 atom stereocenters. The summed E-state index contributed by atoms with van der Waals surface area (Å²) in [5.74, 6) is 0. The summed E-state index contributed by atoms with van der Waals surface area (Å²) in [6.07, 6.45) is 0.598. The van der Waals surface area contributed by atoms with Gasteiger partial charge in [0.05, 0.1) is 6.54 Å². The largest absolute Gasteiger partial charge is 0.414 e. The first-order chi connectivity index (χ1) is 5.97. The Morgan fingerprint density at radius 1 is 1.54 bits per heavy atom. The van der Waals surface area contributed by atoms with Crippen molar-refractivity contribution in [3.05, 3.63) is 22.8 Å². The monoisotopic (exact) mass is 257 g/mol. The van der Waals surface area contributed by atoms with Gasteiger partial charge in [0.15, 0.2) is 6.61 Å². The van der Waals surface area contributed by atoms with Crippen LogP contribution in [0.2, 0.25) is 0 Å². The fourth-order valence-electron chi connectivity index (χ4n) is 0.749. The Morgan fingerprint density at radius 3 is 2.77 bits per heavy atom. The van der Waals surface area contributed by atoms with Gasteiger partial charge in [0, 0.05) is 10.7 Å². The molecule has 0 radical (unpaired) electrons. The molecule has 0 aliphatic carbocycles. The van der Waals surface area contributed by atoms with E-state index in [0.29, 0.717) is 11.0 Å². The van der Waals surface area contributed by atoms with Gasteiger partial charge < -0.3 is 0 Å². The van der Waals surface area contributed by atoms with Gasteiger partial charge in [-0.3, -0.25) is 9.90 Å². The molecule has 2 nitrogen and oxygen atoms in total. The van der Waals surface area contributed by atoms with Crippen molar-refractivity contribution in [1.82, 2.24) is 5.06 Å². The third-order valence-electron chi connectivity index (χ3n) is 1.22. The summed E-state index contributed by atoms with van der Waals surface area (Å²) in [5, 5.41) is 1.12. The molecule has 1 rings (SSSR count). The lowest BCUT2D eigenvalue weighted by atomic mass is 10.4. The van der Waals surface area contributed by atoms with Crippen molar-refractivity contribution in [3.8, 4) is 0 Å². The summed E-state index contributed by atoms with van der Waals surface area (Å²) < 4.78 is 35.8. The van der Waals surface area contributed by atoms with Crippen LogP contribution in [0.15, 0.2) is 22.8 Å². The highest BCUT2D eigenvalue weighted by molar-refractivity contribution is 9.11. The molecule has 13 heavy (non-hydrogen) atoms. The van der Waals surface area contributed by atoms with Crippen LogP contribution in [-0.2, 0) is 4.84 Å². The second kappa shape index (κ2) is 4.15. The third kappa shape index (κ3) is 4.33. The van der Waals surface area contributed by atoms with Crippen molar-refractivity contribution in [2.45, 2.75) is 6.18 Å². The van der Waals surface area contributed by atoms with Crippen LogP contribution in [-0.4, -0.2) is 24.4 Å². The number of allylic oxidation sites excluding steroid dienone is 2. The van der Waals surface area contributed by atoms with Gasteiger partial charge in [-0.15, -0.1) is 0 Å². The molecule has 0 unspecified atom stereocenters. The molecule has 1 heterocycles. The Balaban J connectivity index is 2.35. The van der Waals surface area contributed by atoms with Crippen molar-refractivity contribution in [3.63, 3.8) is 0 Å². The highest BCUT2D eigenvalue weighted by Gasteiger charge is 2.28. The zero-order valence-corrected chi connectivity index (χ0v) is 8.10. The maximum absolute atomic E-state index is 11.7. The summed E-state index contributed by atoms with van der Waals surface area (Å²) in [7, 11) is 0. The molecule has 0 amide bonds. The number of alkyl halides is 3. The molecule has 0 aromatic rings. The number of hydrogen-bond acceptors (Lipinski definition) is 2. The van der Waals surface area contributed by atoms with Crippen molar-refractivity contribution in [2.24, 2.45) is 0 Å². The van der Waals surface area contributed by atoms with Gasteiger partial charge in [0.2, 0.25) is 0 Å². The number of nitrogens with zero attached hydrogens (tertiary/aromatic N) is 1. The van der Waals surface area contributed by atoms with E-state index in [1.807, 2.05) is 0 Å². The molecular formula is C7H7BrF3NO. The summed E-state index contributed by atoms with van der Waals surface area (Å²) >= 11 is 3.12. The highest BCUT2D eigenvalue weighted by atomic mass is 79.9. The smallest absolute Gasteiger partial charge is 0.264 e. The van der Waals surface area contributed by atoms with Gasteiger partial charge in [-0.05, 0) is 22.0 Å². The van der Waals surface area contributed by atoms with Crippen LogP contribution in [0.5, 0.6) is 0 Å². The fraction of sp³-hybridized carbons (Fsp3) is 0.429. The van der Waals surface area contributed by atoms with E-state index in [9.17, 15) is 13.2 Å². The minimum absolute atomic E-state index is 0.325. The van der Waals surface area contributed by atoms with Gasteiger partial charge >= 0.3 is 6.18 Å². The van der Waals surface area contributed by atoms with Gasteiger partial charge in [-0.25, -0.2) is 0 Å². The molecule has 1 aliphatic heterocycles. The van der Waals surface area contributed by atoms with Crippen molar-refractivity contribution < 1.29 is 18.0 Å². The average Bonchev–Trinajstić information content (AvgIpc) is 2.00. The maximum atomic E-state index is 11.7. The van der Waals surface area contributed by atoms with Crippen LogP contribution < -0.4 is 0 Å². The Labute approximate surface area is 81.7 Å². The van der Waals surface area contributed by atoms with Gasteiger partial charge in [-0.1, -0.05) is 6.08 Å². The minimum Gasteiger partial charge on any atom is -0.264 e. The van der Waals surface area contributed by atoms with E-state index in [1.165, 1.54) is 6.20 Å². The van der Waals surface area contributed by atoms with E-state index in [0.717, 1.165) is 5.06 Å². The van der Waals surface area contributed by atoms with Crippen LogP contribution in [0.3, 0.4) is 0 Å². The lowest BCUT2D eigenvalue weighted by molar-refractivity contribution is -0.233. The quantitative estimate of drug-likeness (QED) is 0.754. The van der Waals surface area contributed by atoms with E-state index in [1.54, 1.807) is 12.2 Å². The Morgan fingerprint density at radius 2 is 2.23 bits per heavy atom. The highest BCUT2D eigenvalue weighted by Crippen LogP contribution is 2.18. The number of rotatable bonds is 2. The standard InChI is InChI=1S/C7H7BrF3NO/c8-6-2-1-3-12(4-6)13-5-7(9,10)11/h1-2,4H,3,5H2. The van der Waals surface area contributed by atoms with Gasteiger partial charge in [-0.2, -0.15) is 13.2 Å². The summed E-state index contributed by atoms with van der Waals surface area (Å²) in [6, 6.07) is 0. The maximum Gasteiger partial charge on any atom is 0.414 e. The zero-order valence-electron chi connectivity index (χ0n) is 6.51. The lowest BCUT2D eigenvalue weighted by Crippen LogP contribution is -2.27. The van der Waals surface area contributed by atoms with Gasteiger partial charge in [0.1, 0.15) is 0 Å². The van der Waals surface area contributed by atoms with Crippen molar-refractivity contribution >= 4 is 15.9 Å². The molecule has 1 aliphatic rings. The molecule has 0 aromatic heterocycles. The first-order valence-electron chi connectivity index (χ1n) is 3.47. The molecular weight excluding hydrogens is 251 g/mol. The Bertz CT molecular complexity index is 236. The summed E-state index contributed by atoms with van der Waals surface area (Å²) in [4.78, 5) is 4.47. The number of hydrogen-bond donors (Lipinski definition) is 0. The van der Waals surface area contributed by atoms with E-state index >= 15 is 0 Å². The SMILES string of the molecule is FC(F)(F)CON1C=C(Br)C=CC1. The van der Waals surface area contributed by atoms with Crippen LogP contribution in [0, 0.1) is 0 Å². The lowest BCUT2D eigenvalue weighted by Gasteiger charge is -2.21. The molecule has 6 heteroatoms. The number of halogens is 4. The first kappa shape index (κ1) is 10.6. The molecule has 0 spiro atoms. The van der Waals surface area contributed by atoms with Crippen molar-refractivity contribution in [1.29, 1.82) is 0 Å². The second-order valence-electron chi connectivity index (χ2n) is 2.40. The predicted molar refractivity (Wildman–Crippen MR) is 44.9 cm³/mol. The van der Waals surface area contributed by atoms with Crippen LogP contribution in [0.4, 0.5) is 13.2 Å². The minimum atomic E-state index is -4.29. The number of hydroxylamine groups is 2. The topological polar surface area (TPSA) is 12.5 Å². The molecule has 0 saturated carbocycles. The van der Waals surface area contributed by atoms with Gasteiger partial charge in [0.25, 0.3) is 0 Å². The molecule has 0 N–H and O–H groups in total. The van der Waals surface area contributed by atoms with E-state index in [-0.39, 0.29) is 0 Å². The molecule has 74 valence electrons. The molecule has 0 fully saturated rings. The van der Waals surface area contributed by atoms with Crippen molar-refractivity contribution in [2.75, 3.05) is 13.2 Å². The Kier molecular flexibility index (Phi) is 3.38. The third-order valence-corrected chi connectivity index (χ3v) is 1.69. The fourth-order valence-corrected chi connectivity index (χ4v) is 1.16. The molecule has 0 bridgehead atoms. The Hall–Kier alpha value is -0.490. The van der Waals surface area contributed by atoms with Crippen LogP contribution in [0.25, 0.3) is 0 Å². The summed E-state index contributed by atoms with van der Waals surface area (Å²) in [6.45, 7) is -0.942. The average molecular weight is 258 g/mol. The van der Waals surface area contributed by atoms with E-state index < -0.39 is 12.8 Å². The van der Waals surface area contributed by atoms with Crippen LogP contribution >= 0.6 is 15.9 Å². The van der Waals surface area contributed by atoms with Crippen LogP contribution in [0.1, 0.15) is 0 Å². The zero-order chi connectivity index (χ0) is 9.90. The van der Waals surface area contributed by atoms with E-state index in [2.05, 4.69) is 20.8 Å². The normalized spacial score (nSPS) is 17.5.